The molecule has 0 heterocycles. The summed E-state index contributed by atoms with van der Waals surface area (Å²) in [6.45, 7) is 1.54. The summed E-state index contributed by atoms with van der Waals surface area (Å²) in [4.78, 5) is 1.90. The molecule has 0 aliphatic heterocycles. The second-order valence-electron chi connectivity index (χ2n) is 2.95. The first-order valence-electron chi connectivity index (χ1n) is 4.29. The summed E-state index contributed by atoms with van der Waals surface area (Å²) < 4.78 is 0. The topological polar surface area (TPSA) is 27.0 Å². The van der Waals surface area contributed by atoms with E-state index in [1.807, 2.05) is 23.1 Å². The molecule has 1 rings (SSSR count). The highest BCUT2D eigenvalue weighted by molar-refractivity contribution is 5.14. The third kappa shape index (κ3) is 3.73. The normalized spacial score (nSPS) is 9.92. The summed E-state index contributed by atoms with van der Waals surface area (Å²) in [5.41, 5.74) is 1.23. The average molecular weight is 173 g/mol. The molecule has 0 bridgehead atoms. The molecule has 0 saturated heterocycles. The lowest BCUT2D eigenvalue weighted by Crippen LogP contribution is -2.16. The smallest absolute Gasteiger partial charge is 0.0634 e. The molecule has 0 amide bonds. The summed E-state index contributed by atoms with van der Waals surface area (Å²) in [5, 5.41) is 8.38. The van der Waals surface area contributed by atoms with E-state index in [0.29, 0.717) is 6.42 Å². The van der Waals surface area contributed by atoms with Crippen LogP contribution in [-0.2, 0) is 6.54 Å². The highest BCUT2D eigenvalue weighted by atomic mass is 15.1. The summed E-state index contributed by atoms with van der Waals surface area (Å²) in [7, 11) is 3.85. The lowest BCUT2D eigenvalue weighted by atomic mass is 10.2. The van der Waals surface area contributed by atoms with Crippen LogP contribution in [0.15, 0.2) is 30.3 Å². The average Bonchev–Trinajstić information content (AvgIpc) is 2.16. The quantitative estimate of drug-likeness (QED) is 0.652. The predicted octanol–water partition coefficient (Wildman–Crippen LogP) is 2.19. The third-order valence-electron chi connectivity index (χ3n) is 1.79. The Hall–Kier alpha value is -1.33. The summed E-state index contributed by atoms with van der Waals surface area (Å²) in [6, 6.07) is 12.2. The van der Waals surface area contributed by atoms with Gasteiger partial charge in [0.1, 0.15) is 0 Å². The van der Waals surface area contributed by atoms with Crippen LogP contribution in [-0.4, -0.2) is 11.4 Å². The molecular weight excluding hydrogens is 160 g/mol. The first-order valence-corrected chi connectivity index (χ1v) is 4.29. The fourth-order valence-corrected chi connectivity index (χ4v) is 1.13. The molecule has 0 radical (unpaired) electrons. The van der Waals surface area contributed by atoms with Crippen LogP contribution in [0.5, 0.6) is 0 Å². The van der Waals surface area contributed by atoms with Crippen molar-refractivity contribution in [1.29, 1.82) is 5.26 Å². The van der Waals surface area contributed by atoms with Gasteiger partial charge in [0.05, 0.1) is 6.07 Å². The Morgan fingerprint density at radius 3 is 2.62 bits per heavy atom. The Morgan fingerprint density at radius 1 is 1.31 bits per heavy atom. The number of nitriles is 1. The van der Waals surface area contributed by atoms with E-state index in [9.17, 15) is 0 Å². The Balaban J connectivity index is 2.37. The zero-order chi connectivity index (χ0) is 9.52. The number of hydrogen-bond acceptors (Lipinski definition) is 2. The molecule has 0 aromatic heterocycles. The minimum absolute atomic E-state index is 0.538. The van der Waals surface area contributed by atoms with Crippen molar-refractivity contribution in [1.82, 2.24) is 4.90 Å². The Labute approximate surface area is 79.4 Å². The highest BCUT2D eigenvalue weighted by Gasteiger charge is 1.92. The zero-order valence-electron chi connectivity index (χ0n) is 7.61. The number of nitrogens with zero attached hydrogens (tertiary/aromatic N) is 2. The van der Waals surface area contributed by atoms with Gasteiger partial charge in [0, 0.05) is 6.42 Å². The molecule has 68 valence electrons. The summed E-state index contributed by atoms with van der Waals surface area (Å²) >= 11 is 0. The van der Waals surface area contributed by atoms with Crippen LogP contribution in [0.25, 0.3) is 0 Å². The molecule has 0 aliphatic rings. The molecular formula is C11H13N2-. The van der Waals surface area contributed by atoms with Crippen molar-refractivity contribution in [2.45, 2.75) is 13.0 Å². The van der Waals surface area contributed by atoms with E-state index in [2.05, 4.69) is 25.2 Å². The van der Waals surface area contributed by atoms with Crippen molar-refractivity contribution in [3.05, 3.63) is 42.9 Å². The van der Waals surface area contributed by atoms with E-state index in [-0.39, 0.29) is 0 Å². The van der Waals surface area contributed by atoms with Crippen molar-refractivity contribution < 1.29 is 0 Å². The maximum absolute atomic E-state index is 8.38. The molecule has 2 heteroatoms. The monoisotopic (exact) mass is 173 g/mol. The molecule has 0 N–H and O–H groups in total. The van der Waals surface area contributed by atoms with E-state index < -0.39 is 0 Å². The van der Waals surface area contributed by atoms with Crippen molar-refractivity contribution in [3.63, 3.8) is 0 Å². The molecule has 0 aliphatic carbocycles. The van der Waals surface area contributed by atoms with Gasteiger partial charge in [-0.05, 0) is 18.7 Å². The van der Waals surface area contributed by atoms with Crippen molar-refractivity contribution >= 4 is 0 Å². The Morgan fingerprint density at radius 2 is 2.00 bits per heavy atom. The molecule has 1 aromatic rings. The predicted molar refractivity (Wildman–Crippen MR) is 52.4 cm³/mol. The SMILES string of the molecule is [CH2-]N(CCC#N)Cc1ccccc1. The van der Waals surface area contributed by atoms with Crippen LogP contribution < -0.4 is 0 Å². The van der Waals surface area contributed by atoms with Gasteiger partial charge in [-0.1, -0.05) is 30.3 Å². The van der Waals surface area contributed by atoms with Gasteiger partial charge in [-0.25, -0.2) is 0 Å². The fourth-order valence-electron chi connectivity index (χ4n) is 1.13. The number of rotatable bonds is 4. The number of benzene rings is 1. The first kappa shape index (κ1) is 9.76. The molecule has 1 aromatic carbocycles. The van der Waals surface area contributed by atoms with Crippen molar-refractivity contribution in [2.75, 3.05) is 6.54 Å². The van der Waals surface area contributed by atoms with E-state index in [4.69, 9.17) is 5.26 Å². The van der Waals surface area contributed by atoms with Crippen LogP contribution in [0.1, 0.15) is 12.0 Å². The molecule has 0 fully saturated rings. The van der Waals surface area contributed by atoms with Crippen LogP contribution in [0, 0.1) is 18.4 Å². The van der Waals surface area contributed by atoms with E-state index >= 15 is 0 Å². The van der Waals surface area contributed by atoms with E-state index in [0.717, 1.165) is 13.1 Å². The summed E-state index contributed by atoms with van der Waals surface area (Å²) in [5.74, 6) is 0. The largest absolute Gasteiger partial charge is 0.455 e. The fraction of sp³-hybridized carbons (Fsp3) is 0.273. The third-order valence-corrected chi connectivity index (χ3v) is 1.79. The standard InChI is InChI=1S/C11H13N2/c1-13(9-5-8-12)10-11-6-3-2-4-7-11/h2-4,6-7H,1,5,9-10H2/q-1. The van der Waals surface area contributed by atoms with Gasteiger partial charge in [0.15, 0.2) is 0 Å². The molecule has 0 saturated carbocycles. The van der Waals surface area contributed by atoms with Crippen molar-refractivity contribution in [3.8, 4) is 6.07 Å². The molecule has 0 unspecified atom stereocenters. The summed E-state index contributed by atoms with van der Waals surface area (Å²) in [6.07, 6.45) is 0.538. The minimum atomic E-state index is 0.538. The van der Waals surface area contributed by atoms with Gasteiger partial charge in [-0.15, -0.1) is 0 Å². The van der Waals surface area contributed by atoms with Gasteiger partial charge >= 0.3 is 0 Å². The van der Waals surface area contributed by atoms with Gasteiger partial charge in [0.2, 0.25) is 0 Å². The maximum Gasteiger partial charge on any atom is 0.0634 e. The Kier molecular flexibility index (Phi) is 4.01. The van der Waals surface area contributed by atoms with Crippen LogP contribution >= 0.6 is 0 Å². The van der Waals surface area contributed by atoms with Crippen molar-refractivity contribution in [2.24, 2.45) is 0 Å². The molecule has 0 spiro atoms. The van der Waals surface area contributed by atoms with Gasteiger partial charge < -0.3 is 4.90 Å². The lowest BCUT2D eigenvalue weighted by Gasteiger charge is -2.23. The highest BCUT2D eigenvalue weighted by Crippen LogP contribution is 2.03. The van der Waals surface area contributed by atoms with E-state index in [1.54, 1.807) is 0 Å². The van der Waals surface area contributed by atoms with Crippen LogP contribution in [0.4, 0.5) is 0 Å². The van der Waals surface area contributed by atoms with Gasteiger partial charge in [0.25, 0.3) is 0 Å². The maximum atomic E-state index is 8.38. The Bertz CT molecular complexity index is 274. The first-order chi connectivity index (χ1) is 6.33. The minimum Gasteiger partial charge on any atom is -0.455 e. The lowest BCUT2D eigenvalue weighted by molar-refractivity contribution is 0.372. The van der Waals surface area contributed by atoms with Gasteiger partial charge in [-0.3, -0.25) is 7.05 Å². The molecule has 2 nitrogen and oxygen atoms in total. The number of hydrogen-bond donors (Lipinski definition) is 0. The second-order valence-corrected chi connectivity index (χ2v) is 2.95. The second kappa shape index (κ2) is 5.34. The van der Waals surface area contributed by atoms with Crippen LogP contribution in [0.2, 0.25) is 0 Å². The van der Waals surface area contributed by atoms with Gasteiger partial charge in [-0.2, -0.15) is 5.26 Å². The molecule has 0 atom stereocenters. The zero-order valence-corrected chi connectivity index (χ0v) is 7.61. The van der Waals surface area contributed by atoms with E-state index in [1.165, 1.54) is 5.56 Å². The van der Waals surface area contributed by atoms with Crippen LogP contribution in [0.3, 0.4) is 0 Å². The molecule has 13 heavy (non-hydrogen) atoms.